The molecule has 1 aliphatic carbocycles. The standard InChI is InChI=1S/C6H13N.C3H7.3CH4O.Ti/c7-6-4-2-1-3-5-6;1-3-2;3*1-2;/h6H,1-5,7H2;1,3H2,2H3;3*2H,1H3;/q;-1;;;;. The van der Waals surface area contributed by atoms with Crippen molar-refractivity contribution in [1.29, 1.82) is 0 Å². The molecule has 17 heavy (non-hydrogen) atoms. The van der Waals surface area contributed by atoms with Crippen molar-refractivity contribution in [3.05, 3.63) is 6.92 Å². The third kappa shape index (κ3) is 47.9. The first-order valence-corrected chi connectivity index (χ1v) is 5.70. The molecule has 0 bridgehead atoms. The third-order valence-electron chi connectivity index (χ3n) is 1.65. The molecule has 1 aliphatic rings. The van der Waals surface area contributed by atoms with Crippen LogP contribution in [0.4, 0.5) is 0 Å². The van der Waals surface area contributed by atoms with Crippen molar-refractivity contribution < 1.29 is 37.0 Å². The van der Waals surface area contributed by atoms with Crippen LogP contribution in [0.3, 0.4) is 0 Å². The minimum absolute atomic E-state index is 0. The zero-order valence-electron chi connectivity index (χ0n) is 11.9. The van der Waals surface area contributed by atoms with Crippen LogP contribution < -0.4 is 5.73 Å². The molecule has 5 N–H and O–H groups in total. The van der Waals surface area contributed by atoms with Crippen LogP contribution in [0.25, 0.3) is 0 Å². The minimum atomic E-state index is 0. The number of rotatable bonds is 0. The first kappa shape index (κ1) is 30.5. The topological polar surface area (TPSA) is 86.7 Å². The Morgan fingerprint density at radius 2 is 1.18 bits per heavy atom. The zero-order chi connectivity index (χ0) is 13.8. The summed E-state index contributed by atoms with van der Waals surface area (Å²) in [5.74, 6) is 0. The van der Waals surface area contributed by atoms with Crippen LogP contribution in [0.1, 0.15) is 45.4 Å². The van der Waals surface area contributed by atoms with Gasteiger partial charge in [0.05, 0.1) is 0 Å². The summed E-state index contributed by atoms with van der Waals surface area (Å²) < 4.78 is 0. The predicted molar refractivity (Wildman–Crippen MR) is 71.1 cm³/mol. The number of hydrogen-bond acceptors (Lipinski definition) is 4. The molecule has 0 saturated heterocycles. The summed E-state index contributed by atoms with van der Waals surface area (Å²) in [7, 11) is 3.00. The van der Waals surface area contributed by atoms with E-state index in [1.807, 2.05) is 6.92 Å². The van der Waals surface area contributed by atoms with Gasteiger partial charge < -0.3 is 28.0 Å². The van der Waals surface area contributed by atoms with Crippen molar-refractivity contribution in [2.75, 3.05) is 21.3 Å². The van der Waals surface area contributed by atoms with E-state index >= 15 is 0 Å². The number of aliphatic hydroxyl groups excluding tert-OH is 3. The van der Waals surface area contributed by atoms with Gasteiger partial charge in [0.2, 0.25) is 0 Å². The van der Waals surface area contributed by atoms with Gasteiger partial charge in [0.25, 0.3) is 0 Å². The second-order valence-corrected chi connectivity index (χ2v) is 2.90. The summed E-state index contributed by atoms with van der Waals surface area (Å²) in [5.41, 5.74) is 5.63. The Morgan fingerprint density at radius 3 is 1.29 bits per heavy atom. The van der Waals surface area contributed by atoms with Gasteiger partial charge in [-0.15, -0.1) is 0 Å². The fraction of sp³-hybridized carbons (Fsp3) is 0.917. The van der Waals surface area contributed by atoms with Crippen molar-refractivity contribution in [1.82, 2.24) is 0 Å². The molecule has 0 unspecified atom stereocenters. The molecule has 1 saturated carbocycles. The second-order valence-electron chi connectivity index (χ2n) is 2.90. The molecule has 0 radical (unpaired) electrons. The van der Waals surface area contributed by atoms with Gasteiger partial charge in [-0.25, -0.2) is 0 Å². The summed E-state index contributed by atoms with van der Waals surface area (Å²) in [6, 6.07) is 0.536. The Morgan fingerprint density at radius 1 is 0.941 bits per heavy atom. The molecule has 0 aromatic carbocycles. The average Bonchev–Trinajstić information content (AvgIpc) is 2.38. The van der Waals surface area contributed by atoms with Crippen LogP contribution in [0.5, 0.6) is 0 Å². The minimum Gasteiger partial charge on any atom is -0.400 e. The number of nitrogens with two attached hydrogens (primary N) is 1. The van der Waals surface area contributed by atoms with Crippen molar-refractivity contribution in [3.63, 3.8) is 0 Å². The molecule has 108 valence electrons. The van der Waals surface area contributed by atoms with Crippen molar-refractivity contribution >= 4 is 0 Å². The number of aliphatic hydroxyl groups is 3. The molecule has 1 fully saturated rings. The van der Waals surface area contributed by atoms with Crippen molar-refractivity contribution in [2.24, 2.45) is 5.73 Å². The number of hydrogen-bond donors (Lipinski definition) is 4. The van der Waals surface area contributed by atoms with E-state index in [-0.39, 0.29) is 21.7 Å². The van der Waals surface area contributed by atoms with E-state index in [9.17, 15) is 0 Å². The van der Waals surface area contributed by atoms with Crippen LogP contribution in [0.2, 0.25) is 0 Å². The van der Waals surface area contributed by atoms with Crippen LogP contribution in [-0.4, -0.2) is 42.7 Å². The smallest absolute Gasteiger partial charge is 0.0319 e. The van der Waals surface area contributed by atoms with Gasteiger partial charge in [-0.05, 0) is 12.8 Å². The first-order chi connectivity index (χ1) is 7.81. The Balaban J connectivity index is -0.0000000417. The SMILES string of the molecule is CO.CO.CO.NC1CCCCC1.[CH2-]CC.[Ti]. The zero-order valence-corrected chi connectivity index (χ0v) is 13.5. The van der Waals surface area contributed by atoms with E-state index in [1.165, 1.54) is 32.1 Å². The quantitative estimate of drug-likeness (QED) is 0.400. The maximum atomic E-state index is 7.00. The Labute approximate surface area is 122 Å². The molecule has 0 aliphatic heterocycles. The fourth-order valence-corrected chi connectivity index (χ4v) is 1.13. The van der Waals surface area contributed by atoms with Gasteiger partial charge in [0.1, 0.15) is 0 Å². The first-order valence-electron chi connectivity index (χ1n) is 5.70. The average molecular weight is 286 g/mol. The predicted octanol–water partition coefficient (Wildman–Crippen LogP) is 1.33. The van der Waals surface area contributed by atoms with Gasteiger partial charge in [-0.1, -0.05) is 26.2 Å². The molecule has 0 aromatic heterocycles. The van der Waals surface area contributed by atoms with E-state index in [4.69, 9.17) is 21.1 Å². The van der Waals surface area contributed by atoms with Gasteiger partial charge in [-0.2, -0.15) is 6.42 Å². The van der Waals surface area contributed by atoms with Gasteiger partial charge in [-0.3, -0.25) is 0 Å². The van der Waals surface area contributed by atoms with Crippen LogP contribution in [-0.2, 0) is 21.7 Å². The normalized spacial score (nSPS) is 12.5. The Kier molecular flexibility index (Phi) is 78.8. The molecule has 0 spiro atoms. The van der Waals surface area contributed by atoms with E-state index < -0.39 is 0 Å². The molecule has 0 atom stereocenters. The van der Waals surface area contributed by atoms with Crippen LogP contribution in [0.15, 0.2) is 0 Å². The molecule has 0 aromatic rings. The largest absolute Gasteiger partial charge is 0.400 e. The van der Waals surface area contributed by atoms with E-state index in [0.717, 1.165) is 27.8 Å². The maximum absolute atomic E-state index is 7.00. The molecule has 1 rings (SSSR count). The molecular weight excluding hydrogens is 254 g/mol. The van der Waals surface area contributed by atoms with E-state index in [0.29, 0.717) is 6.04 Å². The van der Waals surface area contributed by atoms with E-state index in [2.05, 4.69) is 6.92 Å². The van der Waals surface area contributed by atoms with Crippen LogP contribution in [0, 0.1) is 6.92 Å². The van der Waals surface area contributed by atoms with Crippen molar-refractivity contribution in [3.8, 4) is 0 Å². The Hall–Kier alpha value is 0.554. The maximum Gasteiger partial charge on any atom is 0.0319 e. The molecule has 4 nitrogen and oxygen atoms in total. The summed E-state index contributed by atoms with van der Waals surface area (Å²) in [4.78, 5) is 0. The fourth-order valence-electron chi connectivity index (χ4n) is 1.13. The van der Waals surface area contributed by atoms with Crippen molar-refractivity contribution in [2.45, 2.75) is 51.5 Å². The van der Waals surface area contributed by atoms with Crippen LogP contribution >= 0.6 is 0 Å². The van der Waals surface area contributed by atoms with Gasteiger partial charge in [0, 0.05) is 49.1 Å². The summed E-state index contributed by atoms with van der Waals surface area (Å²) in [6.07, 6.45) is 7.66. The van der Waals surface area contributed by atoms with E-state index in [1.54, 1.807) is 0 Å². The third-order valence-corrected chi connectivity index (χ3v) is 1.65. The molecule has 0 heterocycles. The molecule has 0 amide bonds. The monoisotopic (exact) mass is 286 g/mol. The van der Waals surface area contributed by atoms with Gasteiger partial charge >= 0.3 is 0 Å². The molecular formula is C12H32NO3Ti-. The second kappa shape index (κ2) is 43.9. The summed E-state index contributed by atoms with van der Waals surface area (Å²) >= 11 is 0. The van der Waals surface area contributed by atoms with Gasteiger partial charge in [0.15, 0.2) is 0 Å². The molecule has 5 heteroatoms. The summed E-state index contributed by atoms with van der Waals surface area (Å²) in [5, 5.41) is 21.0. The Bertz CT molecular complexity index is 72.8. The summed E-state index contributed by atoms with van der Waals surface area (Å²) in [6.45, 7) is 5.50.